The highest BCUT2D eigenvalue weighted by atomic mass is 19.1. The van der Waals surface area contributed by atoms with E-state index in [1.807, 2.05) is 30.3 Å². The molecule has 2 aliphatic rings. The van der Waals surface area contributed by atoms with Crippen molar-refractivity contribution in [3.05, 3.63) is 65.5 Å². The number of unbranched alkanes of at least 4 members (excludes halogenated alkanes) is 1. The molecule has 1 aliphatic heterocycles. The smallest absolute Gasteiger partial charge is 0.238 e. The number of benzene rings is 2. The molecule has 1 spiro atoms. The number of hydrogen-bond donors (Lipinski definition) is 2. The Morgan fingerprint density at radius 1 is 1.06 bits per heavy atom. The van der Waals surface area contributed by atoms with Gasteiger partial charge >= 0.3 is 0 Å². The minimum atomic E-state index is -0.784. The highest BCUT2D eigenvalue weighted by Crippen LogP contribution is 2.52. The van der Waals surface area contributed by atoms with Crippen molar-refractivity contribution in [3.8, 4) is 0 Å². The molecule has 2 aromatic carbocycles. The molecule has 1 heterocycles. The summed E-state index contributed by atoms with van der Waals surface area (Å²) in [4.78, 5) is 15.6. The average molecular weight is 441 g/mol. The number of carbonyl (C=O) groups is 1. The summed E-state index contributed by atoms with van der Waals surface area (Å²) < 4.78 is 14.2. The lowest BCUT2D eigenvalue weighted by atomic mass is 9.70. The number of amides is 1. The zero-order chi connectivity index (χ0) is 23.1. The van der Waals surface area contributed by atoms with Crippen molar-refractivity contribution in [1.82, 2.24) is 5.32 Å². The molecule has 1 aliphatic carbocycles. The first-order valence-corrected chi connectivity index (χ1v) is 12.0. The third-order valence-electron chi connectivity index (χ3n) is 6.77. The summed E-state index contributed by atoms with van der Waals surface area (Å²) >= 11 is 0. The van der Waals surface area contributed by atoms with Crippen LogP contribution >= 0.6 is 0 Å². The maximum absolute atomic E-state index is 14.2. The molecule has 5 heteroatoms. The van der Waals surface area contributed by atoms with Gasteiger partial charge in [-0.25, -0.2) is 4.39 Å². The monoisotopic (exact) mass is 440 g/mol. The Kier molecular flexibility index (Phi) is 8.44. The molecule has 0 bridgehead atoms. The second kappa shape index (κ2) is 11.1. The first kappa shape index (κ1) is 24.4. The minimum absolute atomic E-state index is 0.00296. The fraction of sp³-hybridized carbons (Fsp3) is 0.519. The molecule has 1 amide bonds. The molecule has 2 N–H and O–H groups in total. The standard InChI is InChI=1S/C23H27FN2O2.C4H10/c1-25-15-20(27)21(16-8-4-2-5-9-16)26-19-11-10-17(24)14-18(19)23(22(26)28)12-6-3-7-13-23;1-3-4-2/h2,4-5,8-11,14,20-21,25,27H,3,6-7,12-13,15H2,1H3;3-4H2,1-2H3. The fourth-order valence-electron chi connectivity index (χ4n) is 4.99. The van der Waals surface area contributed by atoms with Crippen LogP contribution in [0.2, 0.25) is 0 Å². The van der Waals surface area contributed by atoms with Crippen LogP contribution in [0.4, 0.5) is 10.1 Å². The normalized spacial score (nSPS) is 18.7. The highest BCUT2D eigenvalue weighted by molar-refractivity contribution is 6.08. The number of likely N-dealkylation sites (N-methyl/N-ethyl adjacent to an activating group) is 1. The van der Waals surface area contributed by atoms with E-state index in [9.17, 15) is 14.3 Å². The number of fused-ring (bicyclic) bond motifs is 2. The van der Waals surface area contributed by atoms with Gasteiger partial charge < -0.3 is 15.3 Å². The molecule has 1 saturated carbocycles. The van der Waals surface area contributed by atoms with Crippen molar-refractivity contribution in [2.75, 3.05) is 18.5 Å². The number of nitrogens with zero attached hydrogens (tertiary/aromatic N) is 1. The van der Waals surface area contributed by atoms with E-state index in [2.05, 4.69) is 19.2 Å². The molecule has 4 rings (SSSR count). The second-order valence-corrected chi connectivity index (χ2v) is 8.96. The molecule has 1 fully saturated rings. The molecule has 2 aromatic rings. The van der Waals surface area contributed by atoms with Gasteiger partial charge in [0.05, 0.1) is 17.6 Å². The Labute approximate surface area is 191 Å². The van der Waals surface area contributed by atoms with Crippen molar-refractivity contribution < 1.29 is 14.3 Å². The summed E-state index contributed by atoms with van der Waals surface area (Å²) in [7, 11) is 1.78. The van der Waals surface area contributed by atoms with E-state index in [0.717, 1.165) is 48.9 Å². The van der Waals surface area contributed by atoms with E-state index in [1.165, 1.54) is 25.0 Å². The molecule has 4 nitrogen and oxygen atoms in total. The largest absolute Gasteiger partial charge is 0.389 e. The molecular formula is C27H37FN2O2. The molecule has 0 radical (unpaired) electrons. The zero-order valence-corrected chi connectivity index (χ0v) is 19.6. The predicted molar refractivity (Wildman–Crippen MR) is 128 cm³/mol. The fourth-order valence-corrected chi connectivity index (χ4v) is 4.99. The van der Waals surface area contributed by atoms with E-state index in [-0.39, 0.29) is 11.7 Å². The van der Waals surface area contributed by atoms with Gasteiger partial charge in [0.15, 0.2) is 0 Å². The topological polar surface area (TPSA) is 52.6 Å². The summed E-state index contributed by atoms with van der Waals surface area (Å²) in [5, 5.41) is 14.0. The minimum Gasteiger partial charge on any atom is -0.389 e. The predicted octanol–water partition coefficient (Wildman–Crippen LogP) is 5.50. The SMILES string of the molecule is CCCC.CNCC(O)C(c1ccccc1)N1C(=O)C2(CCCCC2)c2cc(F)ccc21. The summed E-state index contributed by atoms with van der Waals surface area (Å²) in [6, 6.07) is 13.7. The van der Waals surface area contributed by atoms with Crippen LogP contribution < -0.4 is 10.2 Å². The van der Waals surface area contributed by atoms with Gasteiger partial charge in [0.1, 0.15) is 5.82 Å². The van der Waals surface area contributed by atoms with Crippen LogP contribution in [-0.4, -0.2) is 30.7 Å². The Bertz CT molecular complexity index is 878. The van der Waals surface area contributed by atoms with Crippen LogP contribution in [0.25, 0.3) is 0 Å². The molecular weight excluding hydrogens is 403 g/mol. The van der Waals surface area contributed by atoms with Crippen molar-refractivity contribution in [1.29, 1.82) is 0 Å². The Hall–Kier alpha value is -2.24. The number of rotatable bonds is 6. The lowest BCUT2D eigenvalue weighted by molar-refractivity contribution is -0.125. The van der Waals surface area contributed by atoms with Gasteiger partial charge in [-0.15, -0.1) is 0 Å². The van der Waals surface area contributed by atoms with E-state index in [1.54, 1.807) is 18.0 Å². The number of hydrogen-bond acceptors (Lipinski definition) is 3. The van der Waals surface area contributed by atoms with Crippen LogP contribution in [-0.2, 0) is 10.2 Å². The van der Waals surface area contributed by atoms with Crippen LogP contribution in [0.1, 0.15) is 76.0 Å². The number of aliphatic hydroxyl groups excluding tert-OH is 1. The van der Waals surface area contributed by atoms with Crippen molar-refractivity contribution in [2.24, 2.45) is 0 Å². The number of aliphatic hydroxyl groups is 1. The van der Waals surface area contributed by atoms with Crippen LogP contribution in [0.5, 0.6) is 0 Å². The first-order chi connectivity index (χ1) is 15.5. The van der Waals surface area contributed by atoms with Gasteiger partial charge in [-0.2, -0.15) is 0 Å². The van der Waals surface area contributed by atoms with Gasteiger partial charge in [0.25, 0.3) is 0 Å². The Balaban J connectivity index is 0.000000668. The van der Waals surface area contributed by atoms with Crippen molar-refractivity contribution >= 4 is 11.6 Å². The van der Waals surface area contributed by atoms with Gasteiger partial charge in [0.2, 0.25) is 5.91 Å². The number of anilines is 1. The average Bonchev–Trinajstić information content (AvgIpc) is 3.03. The number of halogens is 1. The Morgan fingerprint density at radius 3 is 2.31 bits per heavy atom. The van der Waals surface area contributed by atoms with E-state index in [4.69, 9.17) is 0 Å². The van der Waals surface area contributed by atoms with Gasteiger partial charge in [-0.1, -0.05) is 76.3 Å². The Morgan fingerprint density at radius 2 is 1.72 bits per heavy atom. The van der Waals surface area contributed by atoms with E-state index in [0.29, 0.717) is 6.54 Å². The molecule has 0 saturated heterocycles. The number of carbonyl (C=O) groups excluding carboxylic acids is 1. The van der Waals surface area contributed by atoms with Crippen LogP contribution in [0, 0.1) is 5.82 Å². The van der Waals surface area contributed by atoms with Gasteiger partial charge in [-0.05, 0) is 49.2 Å². The van der Waals surface area contributed by atoms with E-state index >= 15 is 0 Å². The van der Waals surface area contributed by atoms with E-state index < -0.39 is 17.6 Å². The molecule has 2 unspecified atom stereocenters. The summed E-state index contributed by atoms with van der Waals surface area (Å²) in [5.74, 6) is -0.317. The number of nitrogens with one attached hydrogen (secondary N) is 1. The third-order valence-corrected chi connectivity index (χ3v) is 6.77. The van der Waals surface area contributed by atoms with Crippen LogP contribution in [0.3, 0.4) is 0 Å². The second-order valence-electron chi connectivity index (χ2n) is 8.96. The lowest BCUT2D eigenvalue weighted by Crippen LogP contribution is -2.47. The zero-order valence-electron chi connectivity index (χ0n) is 19.6. The lowest BCUT2D eigenvalue weighted by Gasteiger charge is -2.36. The molecule has 32 heavy (non-hydrogen) atoms. The highest BCUT2D eigenvalue weighted by Gasteiger charge is 2.53. The first-order valence-electron chi connectivity index (χ1n) is 12.0. The maximum Gasteiger partial charge on any atom is 0.238 e. The summed E-state index contributed by atoms with van der Waals surface area (Å²) in [5.41, 5.74) is 1.73. The molecule has 174 valence electrons. The third kappa shape index (κ3) is 4.74. The van der Waals surface area contributed by atoms with Crippen molar-refractivity contribution in [2.45, 2.75) is 76.4 Å². The van der Waals surface area contributed by atoms with Crippen molar-refractivity contribution in [3.63, 3.8) is 0 Å². The van der Waals surface area contributed by atoms with Gasteiger partial charge in [0, 0.05) is 12.2 Å². The maximum atomic E-state index is 14.2. The molecule has 0 aromatic heterocycles. The van der Waals surface area contributed by atoms with Gasteiger partial charge in [-0.3, -0.25) is 4.79 Å². The summed E-state index contributed by atoms with van der Waals surface area (Å²) in [6.07, 6.45) is 6.36. The summed E-state index contributed by atoms with van der Waals surface area (Å²) in [6.45, 7) is 4.72. The van der Waals surface area contributed by atoms with Crippen LogP contribution in [0.15, 0.2) is 48.5 Å². The molecule has 2 atom stereocenters. The quantitative estimate of drug-likeness (QED) is 0.623.